The Hall–Kier alpha value is -2.84. The number of rotatable bonds is 4. The minimum atomic E-state index is -0.507. The van der Waals surface area contributed by atoms with Crippen molar-refractivity contribution < 1.29 is 14.3 Å². The molecule has 0 bridgehead atoms. The summed E-state index contributed by atoms with van der Waals surface area (Å²) in [6.07, 6.45) is 0.791. The first-order valence-electron chi connectivity index (χ1n) is 9.46. The zero-order valence-electron chi connectivity index (χ0n) is 15.9. The summed E-state index contributed by atoms with van der Waals surface area (Å²) >= 11 is 11.9. The van der Waals surface area contributed by atoms with Gasteiger partial charge in [0.2, 0.25) is 0 Å². The second-order valence-corrected chi connectivity index (χ2v) is 7.96. The molecule has 0 spiro atoms. The van der Waals surface area contributed by atoms with E-state index in [0.717, 1.165) is 0 Å². The van der Waals surface area contributed by atoms with Gasteiger partial charge in [-0.2, -0.15) is 15.4 Å². The standard InChI is InChI=1S/C20H19Cl2N5O3/c21-14-7-12(8-15(22)10-14)11-30-20(29)23-16-3-5-27(6-4-16)19(28)13-1-2-17-18(9-13)25-26-24-17/h1-2,7-10,16H,3-6,11H2,(H,23,29)(H,24,25,26). The van der Waals surface area contributed by atoms with Gasteiger partial charge in [-0.3, -0.25) is 4.79 Å². The summed E-state index contributed by atoms with van der Waals surface area (Å²) in [5.41, 5.74) is 2.66. The summed E-state index contributed by atoms with van der Waals surface area (Å²) < 4.78 is 5.25. The molecule has 2 aromatic carbocycles. The van der Waals surface area contributed by atoms with E-state index in [-0.39, 0.29) is 18.6 Å². The van der Waals surface area contributed by atoms with E-state index in [1.165, 1.54) is 0 Å². The number of ether oxygens (including phenoxy) is 1. The highest BCUT2D eigenvalue weighted by molar-refractivity contribution is 6.34. The van der Waals surface area contributed by atoms with Crippen molar-refractivity contribution in [3.63, 3.8) is 0 Å². The molecule has 1 aliphatic heterocycles. The molecule has 2 heterocycles. The van der Waals surface area contributed by atoms with Crippen molar-refractivity contribution in [2.24, 2.45) is 0 Å². The second kappa shape index (κ2) is 8.89. The number of benzene rings is 2. The number of halogens is 2. The third-order valence-corrected chi connectivity index (χ3v) is 5.40. The van der Waals surface area contributed by atoms with Crippen LogP contribution in [0.2, 0.25) is 10.0 Å². The van der Waals surface area contributed by atoms with E-state index in [1.54, 1.807) is 41.3 Å². The van der Waals surface area contributed by atoms with E-state index >= 15 is 0 Å². The minimum Gasteiger partial charge on any atom is -0.445 e. The van der Waals surface area contributed by atoms with Crippen LogP contribution in [0.5, 0.6) is 0 Å². The average molecular weight is 448 g/mol. The number of aromatic amines is 1. The Kier molecular flexibility index (Phi) is 6.06. The van der Waals surface area contributed by atoms with Crippen molar-refractivity contribution in [3.05, 3.63) is 57.6 Å². The number of hydrogen-bond acceptors (Lipinski definition) is 5. The fourth-order valence-corrected chi connectivity index (χ4v) is 4.01. The third-order valence-electron chi connectivity index (χ3n) is 4.96. The van der Waals surface area contributed by atoms with Crippen LogP contribution in [-0.2, 0) is 11.3 Å². The van der Waals surface area contributed by atoms with Crippen LogP contribution in [0.1, 0.15) is 28.8 Å². The fourth-order valence-electron chi connectivity index (χ4n) is 3.43. The molecule has 0 radical (unpaired) electrons. The van der Waals surface area contributed by atoms with E-state index in [0.29, 0.717) is 58.1 Å². The minimum absolute atomic E-state index is 0.0532. The molecule has 1 fully saturated rings. The Morgan fingerprint density at radius 2 is 1.77 bits per heavy atom. The third kappa shape index (κ3) is 4.83. The van der Waals surface area contributed by atoms with Gasteiger partial charge in [-0.15, -0.1) is 0 Å². The molecule has 8 nitrogen and oxygen atoms in total. The number of nitrogens with zero attached hydrogens (tertiary/aromatic N) is 3. The smallest absolute Gasteiger partial charge is 0.407 e. The molecule has 156 valence electrons. The summed E-state index contributed by atoms with van der Waals surface area (Å²) in [5.74, 6) is -0.0567. The molecule has 1 aliphatic rings. The molecular weight excluding hydrogens is 429 g/mol. The largest absolute Gasteiger partial charge is 0.445 e. The maximum Gasteiger partial charge on any atom is 0.407 e. The van der Waals surface area contributed by atoms with Crippen LogP contribution in [-0.4, -0.2) is 51.4 Å². The lowest BCUT2D eigenvalue weighted by molar-refractivity contribution is 0.0701. The van der Waals surface area contributed by atoms with E-state index in [1.807, 2.05) is 0 Å². The van der Waals surface area contributed by atoms with Crippen molar-refractivity contribution in [3.8, 4) is 0 Å². The molecular formula is C20H19Cl2N5O3. The number of nitrogens with one attached hydrogen (secondary N) is 2. The van der Waals surface area contributed by atoms with Crippen molar-refractivity contribution in [1.29, 1.82) is 0 Å². The van der Waals surface area contributed by atoms with Gasteiger partial charge in [-0.1, -0.05) is 23.2 Å². The zero-order valence-corrected chi connectivity index (χ0v) is 17.4. The van der Waals surface area contributed by atoms with Gasteiger partial charge in [-0.05, 0) is 54.8 Å². The van der Waals surface area contributed by atoms with Crippen molar-refractivity contribution in [2.75, 3.05) is 13.1 Å². The highest BCUT2D eigenvalue weighted by atomic mass is 35.5. The number of fused-ring (bicyclic) bond motifs is 1. The predicted molar refractivity (Wildman–Crippen MR) is 113 cm³/mol. The highest BCUT2D eigenvalue weighted by Crippen LogP contribution is 2.20. The Bertz CT molecular complexity index is 1060. The summed E-state index contributed by atoms with van der Waals surface area (Å²) in [5, 5.41) is 14.4. The quantitative estimate of drug-likeness (QED) is 0.633. The zero-order chi connectivity index (χ0) is 21.1. The van der Waals surface area contributed by atoms with Crippen LogP contribution in [0.15, 0.2) is 36.4 Å². The van der Waals surface area contributed by atoms with Crippen molar-refractivity contribution in [1.82, 2.24) is 25.6 Å². The van der Waals surface area contributed by atoms with Gasteiger partial charge in [0.1, 0.15) is 17.6 Å². The van der Waals surface area contributed by atoms with Gasteiger partial charge in [0.25, 0.3) is 5.91 Å². The van der Waals surface area contributed by atoms with Crippen LogP contribution in [0, 0.1) is 0 Å². The number of carbonyl (C=O) groups is 2. The Balaban J connectivity index is 1.25. The van der Waals surface area contributed by atoms with Gasteiger partial charge in [0, 0.05) is 34.7 Å². The highest BCUT2D eigenvalue weighted by Gasteiger charge is 2.25. The molecule has 1 saturated heterocycles. The number of hydrogen-bond donors (Lipinski definition) is 2. The summed E-state index contributed by atoms with van der Waals surface area (Å²) in [6.45, 7) is 1.17. The van der Waals surface area contributed by atoms with E-state index in [2.05, 4.69) is 20.7 Å². The SMILES string of the molecule is O=C(NC1CCN(C(=O)c2ccc3n[nH]nc3c2)CC1)OCc1cc(Cl)cc(Cl)c1. The van der Waals surface area contributed by atoms with Gasteiger partial charge in [-0.25, -0.2) is 4.79 Å². The molecule has 2 amide bonds. The van der Waals surface area contributed by atoms with E-state index in [4.69, 9.17) is 27.9 Å². The second-order valence-electron chi connectivity index (χ2n) is 7.09. The normalized spacial score (nSPS) is 14.7. The first kappa shape index (κ1) is 20.4. The summed E-state index contributed by atoms with van der Waals surface area (Å²) in [6, 6.07) is 10.2. The van der Waals surface area contributed by atoms with Gasteiger partial charge < -0.3 is 15.0 Å². The van der Waals surface area contributed by atoms with Crippen LogP contribution in [0.25, 0.3) is 11.0 Å². The molecule has 0 saturated carbocycles. The molecule has 0 unspecified atom stereocenters. The number of carbonyl (C=O) groups excluding carboxylic acids is 2. The lowest BCUT2D eigenvalue weighted by Gasteiger charge is -2.32. The van der Waals surface area contributed by atoms with E-state index < -0.39 is 6.09 Å². The Morgan fingerprint density at radius 3 is 2.50 bits per heavy atom. The molecule has 3 aromatic rings. The molecule has 2 N–H and O–H groups in total. The number of amides is 2. The van der Waals surface area contributed by atoms with Crippen LogP contribution >= 0.6 is 23.2 Å². The van der Waals surface area contributed by atoms with Gasteiger partial charge in [0.05, 0.1) is 0 Å². The fraction of sp³-hybridized carbons (Fsp3) is 0.300. The number of likely N-dealkylation sites (tertiary alicyclic amines) is 1. The number of alkyl carbamates (subject to hydrolysis) is 1. The number of aromatic nitrogens is 3. The Labute approximate surface area is 182 Å². The molecule has 0 aliphatic carbocycles. The van der Waals surface area contributed by atoms with Crippen LogP contribution in [0.3, 0.4) is 0 Å². The van der Waals surface area contributed by atoms with Gasteiger partial charge in [0.15, 0.2) is 0 Å². The topological polar surface area (TPSA) is 100 Å². The molecule has 30 heavy (non-hydrogen) atoms. The lowest BCUT2D eigenvalue weighted by Crippen LogP contribution is -2.46. The predicted octanol–water partition coefficient (Wildman–Crippen LogP) is 3.80. The monoisotopic (exact) mass is 447 g/mol. The van der Waals surface area contributed by atoms with Crippen LogP contribution < -0.4 is 5.32 Å². The maximum absolute atomic E-state index is 12.7. The molecule has 10 heteroatoms. The summed E-state index contributed by atoms with van der Waals surface area (Å²) in [4.78, 5) is 26.6. The average Bonchev–Trinajstić information content (AvgIpc) is 3.19. The van der Waals surface area contributed by atoms with Crippen LogP contribution in [0.4, 0.5) is 4.79 Å². The van der Waals surface area contributed by atoms with Crippen molar-refractivity contribution in [2.45, 2.75) is 25.5 Å². The molecule has 1 aromatic heterocycles. The first-order chi connectivity index (χ1) is 14.5. The lowest BCUT2D eigenvalue weighted by atomic mass is 10.0. The summed E-state index contributed by atoms with van der Waals surface area (Å²) in [7, 11) is 0. The van der Waals surface area contributed by atoms with Gasteiger partial charge >= 0.3 is 6.09 Å². The maximum atomic E-state index is 12.7. The Morgan fingerprint density at radius 1 is 1.07 bits per heavy atom. The number of H-pyrrole nitrogens is 1. The van der Waals surface area contributed by atoms with E-state index in [9.17, 15) is 9.59 Å². The van der Waals surface area contributed by atoms with Crippen molar-refractivity contribution >= 4 is 46.2 Å². The molecule has 4 rings (SSSR count). The molecule has 0 atom stereocenters. The first-order valence-corrected chi connectivity index (χ1v) is 10.2. The number of piperidine rings is 1.